The molecule has 0 saturated heterocycles. The second-order valence-corrected chi connectivity index (χ2v) is 5.97. The molecule has 1 aliphatic rings. The van der Waals surface area contributed by atoms with Crippen LogP contribution in [0.25, 0.3) is 0 Å². The van der Waals surface area contributed by atoms with Gasteiger partial charge in [-0.15, -0.1) is 0 Å². The van der Waals surface area contributed by atoms with E-state index in [1.54, 1.807) is 13.0 Å². The highest BCUT2D eigenvalue weighted by Crippen LogP contribution is 2.32. The number of rotatable bonds is 9. The summed E-state index contributed by atoms with van der Waals surface area (Å²) in [6.45, 7) is 7.21. The number of carbonyl (C=O) groups is 1. The van der Waals surface area contributed by atoms with E-state index in [1.807, 2.05) is 6.92 Å². The van der Waals surface area contributed by atoms with E-state index in [0.29, 0.717) is 42.9 Å². The molecule has 0 amide bonds. The molecule has 0 aromatic carbocycles. The van der Waals surface area contributed by atoms with Crippen molar-refractivity contribution in [2.75, 3.05) is 19.8 Å². The van der Waals surface area contributed by atoms with Crippen LogP contribution < -0.4 is 9.47 Å². The van der Waals surface area contributed by atoms with Crippen molar-refractivity contribution in [3.05, 3.63) is 17.3 Å². The third-order valence-corrected chi connectivity index (χ3v) is 3.99. The molecule has 0 aliphatic heterocycles. The molecule has 0 radical (unpaired) electrons. The molecule has 5 heteroatoms. The number of hydrogen-bond donors (Lipinski definition) is 0. The molecule has 0 atom stereocenters. The Morgan fingerprint density at radius 2 is 2.09 bits per heavy atom. The highest BCUT2D eigenvalue weighted by atomic mass is 16.5. The van der Waals surface area contributed by atoms with Gasteiger partial charge in [-0.2, -0.15) is 0 Å². The fourth-order valence-corrected chi connectivity index (χ4v) is 2.41. The van der Waals surface area contributed by atoms with Crippen LogP contribution in [0.5, 0.6) is 11.6 Å². The molecule has 2 rings (SSSR count). The Morgan fingerprint density at radius 1 is 1.30 bits per heavy atom. The molecule has 0 N–H and O–H groups in total. The predicted octanol–water partition coefficient (Wildman–Crippen LogP) is 3.92. The van der Waals surface area contributed by atoms with Crippen molar-refractivity contribution in [1.29, 1.82) is 0 Å². The number of pyridine rings is 1. The molecule has 128 valence electrons. The number of nitrogens with zero attached hydrogens (tertiary/aromatic N) is 1. The van der Waals surface area contributed by atoms with E-state index >= 15 is 0 Å². The molecule has 1 aromatic heterocycles. The van der Waals surface area contributed by atoms with E-state index in [2.05, 4.69) is 11.9 Å². The predicted molar refractivity (Wildman–Crippen MR) is 88.2 cm³/mol. The van der Waals surface area contributed by atoms with E-state index in [9.17, 15) is 4.79 Å². The molecule has 23 heavy (non-hydrogen) atoms. The van der Waals surface area contributed by atoms with E-state index in [4.69, 9.17) is 14.2 Å². The summed E-state index contributed by atoms with van der Waals surface area (Å²) in [5.74, 6) is 0.993. The molecule has 1 aliphatic carbocycles. The lowest BCUT2D eigenvalue weighted by molar-refractivity contribution is 0.0513. The van der Waals surface area contributed by atoms with E-state index in [1.165, 1.54) is 19.3 Å². The lowest BCUT2D eigenvalue weighted by atomic mass is 9.86. The van der Waals surface area contributed by atoms with Crippen LogP contribution in [0.4, 0.5) is 0 Å². The summed E-state index contributed by atoms with van der Waals surface area (Å²) in [6, 6.07) is 1.79. The summed E-state index contributed by atoms with van der Waals surface area (Å²) in [5.41, 5.74) is 1.08. The first-order chi connectivity index (χ1) is 11.2. The van der Waals surface area contributed by atoms with Gasteiger partial charge < -0.3 is 14.2 Å². The number of aryl methyl sites for hydroxylation is 1. The van der Waals surface area contributed by atoms with Gasteiger partial charge in [0, 0.05) is 11.8 Å². The minimum atomic E-state index is -0.435. The Hall–Kier alpha value is -1.78. The van der Waals surface area contributed by atoms with Crippen LogP contribution in [-0.2, 0) is 4.74 Å². The number of hydrogen-bond acceptors (Lipinski definition) is 5. The molecule has 0 bridgehead atoms. The first kappa shape index (κ1) is 17.6. The molecular weight excluding hydrogens is 294 g/mol. The summed E-state index contributed by atoms with van der Waals surface area (Å²) in [5, 5.41) is 0. The van der Waals surface area contributed by atoms with Crippen LogP contribution >= 0.6 is 0 Å². The fraction of sp³-hybridized carbons (Fsp3) is 0.667. The first-order valence-electron chi connectivity index (χ1n) is 8.60. The van der Waals surface area contributed by atoms with Crippen molar-refractivity contribution < 1.29 is 19.0 Å². The Kier molecular flexibility index (Phi) is 6.68. The molecule has 1 saturated carbocycles. The molecule has 0 unspecified atom stereocenters. The topological polar surface area (TPSA) is 57.7 Å². The third-order valence-electron chi connectivity index (χ3n) is 3.99. The zero-order valence-corrected chi connectivity index (χ0v) is 14.4. The lowest BCUT2D eigenvalue weighted by Gasteiger charge is -2.25. The summed E-state index contributed by atoms with van der Waals surface area (Å²) >= 11 is 0. The van der Waals surface area contributed by atoms with Crippen molar-refractivity contribution >= 4 is 5.97 Å². The second kappa shape index (κ2) is 8.75. The monoisotopic (exact) mass is 321 g/mol. The Balaban J connectivity index is 2.22. The summed E-state index contributed by atoms with van der Waals surface area (Å²) in [7, 11) is 0. The summed E-state index contributed by atoms with van der Waals surface area (Å²) < 4.78 is 16.8. The quantitative estimate of drug-likeness (QED) is 0.509. The van der Waals surface area contributed by atoms with Crippen molar-refractivity contribution in [3.8, 4) is 11.6 Å². The molecule has 5 nitrogen and oxygen atoms in total. The van der Waals surface area contributed by atoms with Crippen LogP contribution in [0, 0.1) is 12.8 Å². The zero-order valence-electron chi connectivity index (χ0n) is 14.4. The average Bonchev–Trinajstić information content (AvgIpc) is 2.45. The molecular formula is C18H27NO4. The second-order valence-electron chi connectivity index (χ2n) is 5.97. The van der Waals surface area contributed by atoms with Gasteiger partial charge in [0.25, 0.3) is 0 Å². The fourth-order valence-electron chi connectivity index (χ4n) is 2.41. The number of esters is 1. The Bertz CT molecular complexity index is 526. The number of ether oxygens (including phenoxy) is 3. The van der Waals surface area contributed by atoms with Crippen LogP contribution in [0.15, 0.2) is 6.07 Å². The summed E-state index contributed by atoms with van der Waals surface area (Å²) in [4.78, 5) is 16.7. The van der Waals surface area contributed by atoms with E-state index < -0.39 is 5.97 Å². The van der Waals surface area contributed by atoms with Gasteiger partial charge in [-0.1, -0.05) is 19.8 Å². The average molecular weight is 321 g/mol. The van der Waals surface area contributed by atoms with Gasteiger partial charge >= 0.3 is 5.97 Å². The largest absolute Gasteiger partial charge is 0.492 e. The zero-order chi connectivity index (χ0) is 16.7. The van der Waals surface area contributed by atoms with Gasteiger partial charge in [0.15, 0.2) is 5.56 Å². The first-order valence-corrected chi connectivity index (χ1v) is 8.60. The van der Waals surface area contributed by atoms with Gasteiger partial charge in [0.1, 0.15) is 5.75 Å². The van der Waals surface area contributed by atoms with Crippen LogP contribution in [0.1, 0.15) is 62.0 Å². The van der Waals surface area contributed by atoms with Crippen molar-refractivity contribution in [2.24, 2.45) is 5.92 Å². The van der Waals surface area contributed by atoms with Crippen LogP contribution in [0.2, 0.25) is 0 Å². The molecule has 0 spiro atoms. The number of unbranched alkanes of at least 4 members (excludes halogenated alkanes) is 1. The van der Waals surface area contributed by atoms with E-state index in [-0.39, 0.29) is 0 Å². The third kappa shape index (κ3) is 4.85. The van der Waals surface area contributed by atoms with Crippen LogP contribution in [0.3, 0.4) is 0 Å². The maximum atomic E-state index is 12.3. The SMILES string of the molecule is CCCCOc1nc(C)cc(OCC2CCC2)c1C(=O)OCC. The standard InChI is InChI=1S/C18H27NO4/c1-4-6-10-22-17-16(18(20)21-5-2)15(11-13(3)19-17)23-12-14-8-7-9-14/h11,14H,4-10,12H2,1-3H3. The summed E-state index contributed by atoms with van der Waals surface area (Å²) in [6.07, 6.45) is 5.58. The minimum Gasteiger partial charge on any atom is -0.492 e. The van der Waals surface area contributed by atoms with Gasteiger partial charge in [-0.3, -0.25) is 0 Å². The normalized spacial score (nSPS) is 14.2. The van der Waals surface area contributed by atoms with E-state index in [0.717, 1.165) is 18.5 Å². The maximum absolute atomic E-state index is 12.3. The van der Waals surface area contributed by atoms with Crippen molar-refractivity contribution in [3.63, 3.8) is 0 Å². The van der Waals surface area contributed by atoms with Gasteiger partial charge in [0.2, 0.25) is 5.88 Å². The minimum absolute atomic E-state index is 0.309. The lowest BCUT2D eigenvalue weighted by Crippen LogP contribution is -2.21. The molecule has 1 heterocycles. The maximum Gasteiger partial charge on any atom is 0.347 e. The molecule has 1 fully saturated rings. The van der Waals surface area contributed by atoms with Gasteiger partial charge in [-0.25, -0.2) is 9.78 Å². The van der Waals surface area contributed by atoms with Crippen LogP contribution in [-0.4, -0.2) is 30.8 Å². The van der Waals surface area contributed by atoms with Crippen molar-refractivity contribution in [2.45, 2.75) is 52.9 Å². The number of carbonyl (C=O) groups excluding carboxylic acids is 1. The Morgan fingerprint density at radius 3 is 2.70 bits per heavy atom. The molecule has 1 aromatic rings. The van der Waals surface area contributed by atoms with Gasteiger partial charge in [-0.05, 0) is 39.0 Å². The highest BCUT2D eigenvalue weighted by Gasteiger charge is 2.25. The Labute approximate surface area is 138 Å². The highest BCUT2D eigenvalue weighted by molar-refractivity contribution is 5.95. The smallest absolute Gasteiger partial charge is 0.347 e. The van der Waals surface area contributed by atoms with Gasteiger partial charge in [0.05, 0.1) is 19.8 Å². The number of aromatic nitrogens is 1. The van der Waals surface area contributed by atoms with Crippen molar-refractivity contribution in [1.82, 2.24) is 4.98 Å².